The van der Waals surface area contributed by atoms with Crippen LogP contribution in [0.25, 0.3) is 21.9 Å². The first-order valence-corrected chi connectivity index (χ1v) is 7.91. The summed E-state index contributed by atoms with van der Waals surface area (Å²) in [6.07, 6.45) is -0.784. The summed E-state index contributed by atoms with van der Waals surface area (Å²) >= 11 is 0. The van der Waals surface area contributed by atoms with E-state index in [2.05, 4.69) is 5.32 Å². The first-order valence-electron chi connectivity index (χ1n) is 7.91. The summed E-state index contributed by atoms with van der Waals surface area (Å²) in [5.74, 6) is 0.0459. The molecule has 1 heterocycles. The number of rotatable bonds is 7. The number of nitrogens with one attached hydrogen (secondary N) is 1. The molecular formula is C18H19NO6. The van der Waals surface area contributed by atoms with E-state index in [4.69, 9.17) is 14.3 Å². The largest absolute Gasteiger partial charge is 0.507 e. The van der Waals surface area contributed by atoms with Gasteiger partial charge >= 0.3 is 0 Å². The van der Waals surface area contributed by atoms with E-state index >= 15 is 0 Å². The number of phenols is 1. The van der Waals surface area contributed by atoms with Crippen molar-refractivity contribution in [3.05, 3.63) is 46.6 Å². The summed E-state index contributed by atoms with van der Waals surface area (Å²) < 4.78 is 11.2. The second kappa shape index (κ2) is 7.52. The van der Waals surface area contributed by atoms with Gasteiger partial charge in [0, 0.05) is 25.2 Å². The molecule has 0 saturated heterocycles. The predicted octanol–water partition coefficient (Wildman–Crippen LogP) is 0.973. The smallest absolute Gasteiger partial charge is 0.204 e. The Kier molecular flexibility index (Phi) is 5.18. The Morgan fingerprint density at radius 3 is 2.80 bits per heavy atom. The number of fused-ring (bicyclic) bond motifs is 2. The topological polar surface area (TPSA) is 112 Å². The van der Waals surface area contributed by atoms with E-state index in [1.54, 1.807) is 24.3 Å². The monoisotopic (exact) mass is 345 g/mol. The summed E-state index contributed by atoms with van der Waals surface area (Å²) in [6, 6.07) is 9.63. The summed E-state index contributed by atoms with van der Waals surface area (Å²) in [5.41, 5.74) is 0.325. The van der Waals surface area contributed by atoms with E-state index in [1.165, 1.54) is 12.1 Å². The normalized spacial score (nSPS) is 12.6. The van der Waals surface area contributed by atoms with E-state index in [1.807, 2.05) is 0 Å². The molecule has 25 heavy (non-hydrogen) atoms. The average Bonchev–Trinajstić information content (AvgIpc) is 2.60. The number of hydrogen-bond acceptors (Lipinski definition) is 7. The minimum atomic E-state index is -0.784. The number of phenolic OH excluding ortho intramolecular Hbond substituents is 1. The lowest BCUT2D eigenvalue weighted by Crippen LogP contribution is -2.32. The van der Waals surface area contributed by atoms with Crippen LogP contribution in [0.15, 0.2) is 45.6 Å². The van der Waals surface area contributed by atoms with Gasteiger partial charge < -0.3 is 29.8 Å². The van der Waals surface area contributed by atoms with Crippen molar-refractivity contribution in [2.24, 2.45) is 0 Å². The van der Waals surface area contributed by atoms with Gasteiger partial charge in [-0.2, -0.15) is 0 Å². The third-order valence-electron chi connectivity index (χ3n) is 3.74. The number of ether oxygens (including phenoxy) is 1. The number of hydrogen-bond donors (Lipinski definition) is 4. The molecule has 0 fully saturated rings. The van der Waals surface area contributed by atoms with Crippen molar-refractivity contribution in [2.45, 2.75) is 6.10 Å². The first-order chi connectivity index (χ1) is 12.1. The van der Waals surface area contributed by atoms with Crippen LogP contribution in [0.1, 0.15) is 0 Å². The molecule has 3 rings (SSSR count). The summed E-state index contributed by atoms with van der Waals surface area (Å²) in [4.78, 5) is 12.5. The van der Waals surface area contributed by atoms with Crippen molar-refractivity contribution in [3.63, 3.8) is 0 Å². The molecule has 0 aliphatic rings. The van der Waals surface area contributed by atoms with E-state index in [-0.39, 0.29) is 47.7 Å². The number of aliphatic hydroxyl groups excluding tert-OH is 2. The van der Waals surface area contributed by atoms with Gasteiger partial charge in [-0.15, -0.1) is 0 Å². The second-order valence-electron chi connectivity index (χ2n) is 5.64. The van der Waals surface area contributed by atoms with E-state index in [9.17, 15) is 15.0 Å². The molecule has 0 aliphatic carbocycles. The molecule has 3 aromatic rings. The molecule has 2 aromatic carbocycles. The molecule has 0 amide bonds. The van der Waals surface area contributed by atoms with Crippen LogP contribution in [-0.2, 0) is 0 Å². The molecule has 1 atom stereocenters. The van der Waals surface area contributed by atoms with Crippen LogP contribution in [-0.4, -0.2) is 47.7 Å². The van der Waals surface area contributed by atoms with Crippen LogP contribution < -0.4 is 15.5 Å². The number of benzene rings is 2. The lowest BCUT2D eigenvalue weighted by atomic mass is 10.1. The van der Waals surface area contributed by atoms with Crippen LogP contribution in [0.3, 0.4) is 0 Å². The zero-order chi connectivity index (χ0) is 17.8. The summed E-state index contributed by atoms with van der Waals surface area (Å²) in [5, 5.41) is 32.0. The number of para-hydroxylation sites is 1. The van der Waals surface area contributed by atoms with Crippen molar-refractivity contribution in [3.8, 4) is 11.5 Å². The zero-order valence-corrected chi connectivity index (χ0v) is 13.4. The Labute approximate surface area is 143 Å². The quantitative estimate of drug-likeness (QED) is 0.373. The first kappa shape index (κ1) is 17.2. The van der Waals surface area contributed by atoms with Crippen molar-refractivity contribution in [2.75, 3.05) is 26.3 Å². The zero-order valence-electron chi connectivity index (χ0n) is 13.4. The van der Waals surface area contributed by atoms with Gasteiger partial charge in [-0.3, -0.25) is 4.79 Å². The van der Waals surface area contributed by atoms with Crippen LogP contribution in [0.5, 0.6) is 11.5 Å². The lowest BCUT2D eigenvalue weighted by Gasteiger charge is -2.13. The summed E-state index contributed by atoms with van der Waals surface area (Å²) in [6.45, 7) is 0.617. The highest BCUT2D eigenvalue weighted by Gasteiger charge is 2.14. The average molecular weight is 345 g/mol. The van der Waals surface area contributed by atoms with Gasteiger partial charge in [0.15, 0.2) is 0 Å². The SMILES string of the molecule is O=c1c2ccccc2oc2cc(OCC(O)CNCCO)cc(O)c12. The minimum Gasteiger partial charge on any atom is -0.507 e. The van der Waals surface area contributed by atoms with Crippen molar-refractivity contribution in [1.29, 1.82) is 0 Å². The van der Waals surface area contributed by atoms with Crippen molar-refractivity contribution >= 4 is 21.9 Å². The standard InChI is InChI=1S/C18H19NO6/c20-6-5-19-9-11(21)10-24-12-7-14(22)17-16(8-12)25-15-4-2-1-3-13(15)18(17)23/h1-4,7-8,11,19-22H,5-6,9-10H2. The Morgan fingerprint density at radius 2 is 2.00 bits per heavy atom. The van der Waals surface area contributed by atoms with Crippen LogP contribution in [0, 0.1) is 0 Å². The highest BCUT2D eigenvalue weighted by molar-refractivity contribution is 5.93. The molecule has 0 saturated carbocycles. The number of aliphatic hydroxyl groups is 2. The van der Waals surface area contributed by atoms with E-state index < -0.39 is 6.10 Å². The van der Waals surface area contributed by atoms with Gasteiger partial charge in [0.2, 0.25) is 5.43 Å². The molecule has 0 bridgehead atoms. The lowest BCUT2D eigenvalue weighted by molar-refractivity contribution is 0.105. The molecule has 7 heteroatoms. The molecule has 1 aromatic heterocycles. The van der Waals surface area contributed by atoms with Crippen LogP contribution >= 0.6 is 0 Å². The Hall–Kier alpha value is -2.61. The minimum absolute atomic E-state index is 0.0127. The van der Waals surface area contributed by atoms with Gasteiger partial charge in [0.05, 0.1) is 12.0 Å². The molecule has 7 nitrogen and oxygen atoms in total. The Balaban J connectivity index is 1.86. The van der Waals surface area contributed by atoms with Gasteiger partial charge in [0.25, 0.3) is 0 Å². The Bertz CT molecular complexity index is 936. The fourth-order valence-electron chi connectivity index (χ4n) is 2.56. The van der Waals surface area contributed by atoms with Gasteiger partial charge in [0.1, 0.15) is 40.8 Å². The van der Waals surface area contributed by atoms with Crippen molar-refractivity contribution in [1.82, 2.24) is 5.32 Å². The van der Waals surface area contributed by atoms with Gasteiger partial charge in [-0.05, 0) is 12.1 Å². The van der Waals surface area contributed by atoms with Crippen LogP contribution in [0.2, 0.25) is 0 Å². The highest BCUT2D eigenvalue weighted by atomic mass is 16.5. The molecular weight excluding hydrogens is 326 g/mol. The molecule has 4 N–H and O–H groups in total. The van der Waals surface area contributed by atoms with Gasteiger partial charge in [-0.1, -0.05) is 12.1 Å². The maximum atomic E-state index is 12.5. The summed E-state index contributed by atoms with van der Waals surface area (Å²) in [7, 11) is 0. The molecule has 0 spiro atoms. The molecule has 1 unspecified atom stereocenters. The molecule has 132 valence electrons. The van der Waals surface area contributed by atoms with Gasteiger partial charge in [-0.25, -0.2) is 0 Å². The van der Waals surface area contributed by atoms with Crippen molar-refractivity contribution < 1.29 is 24.5 Å². The van der Waals surface area contributed by atoms with Crippen LogP contribution in [0.4, 0.5) is 0 Å². The maximum absolute atomic E-state index is 12.5. The predicted molar refractivity (Wildman–Crippen MR) is 93.1 cm³/mol. The third-order valence-corrected chi connectivity index (χ3v) is 3.74. The number of aromatic hydroxyl groups is 1. The maximum Gasteiger partial charge on any atom is 0.204 e. The van der Waals surface area contributed by atoms with E-state index in [0.717, 1.165) is 0 Å². The second-order valence-corrected chi connectivity index (χ2v) is 5.64. The third kappa shape index (κ3) is 3.74. The fraction of sp³-hybridized carbons (Fsp3) is 0.278. The molecule has 0 radical (unpaired) electrons. The van der Waals surface area contributed by atoms with E-state index in [0.29, 0.717) is 17.5 Å². The fourth-order valence-corrected chi connectivity index (χ4v) is 2.56. The Morgan fingerprint density at radius 1 is 1.20 bits per heavy atom. The highest BCUT2D eigenvalue weighted by Crippen LogP contribution is 2.30. The molecule has 0 aliphatic heterocycles.